The van der Waals surface area contributed by atoms with Gasteiger partial charge in [0, 0.05) is 5.92 Å². The molecule has 0 saturated heterocycles. The molecule has 0 fully saturated rings. The lowest BCUT2D eigenvalue weighted by Crippen LogP contribution is -2.37. The largest absolute Gasteiger partial charge is 0.480 e. The first-order valence-corrected chi connectivity index (χ1v) is 2.64. The smallest absolute Gasteiger partial charge is 0.320 e. The van der Waals surface area contributed by atoms with Gasteiger partial charge in [-0.3, -0.25) is 9.18 Å². The van der Waals surface area contributed by atoms with Gasteiger partial charge < -0.3 is 10.8 Å². The molecule has 0 heterocycles. The zero-order chi connectivity index (χ0) is 7.44. The van der Waals surface area contributed by atoms with Gasteiger partial charge in [0.25, 0.3) is 0 Å². The number of alkyl halides is 1. The van der Waals surface area contributed by atoms with Gasteiger partial charge in [-0.1, -0.05) is 6.92 Å². The van der Waals surface area contributed by atoms with Crippen molar-refractivity contribution in [3.8, 4) is 0 Å². The van der Waals surface area contributed by atoms with E-state index in [0.717, 1.165) is 0 Å². The van der Waals surface area contributed by atoms with Crippen LogP contribution in [0.1, 0.15) is 6.92 Å². The summed E-state index contributed by atoms with van der Waals surface area (Å²) in [6, 6.07) is -1.07. The van der Waals surface area contributed by atoms with Crippen molar-refractivity contribution in [3.63, 3.8) is 0 Å². The van der Waals surface area contributed by atoms with Gasteiger partial charge >= 0.3 is 5.97 Å². The summed E-state index contributed by atoms with van der Waals surface area (Å²) in [4.78, 5) is 10.0. The molecule has 0 aromatic heterocycles. The summed E-state index contributed by atoms with van der Waals surface area (Å²) in [7, 11) is 0. The predicted molar refractivity (Wildman–Crippen MR) is 30.8 cm³/mol. The number of hydrogen-bond acceptors (Lipinski definition) is 2. The molecule has 0 spiro atoms. The minimum absolute atomic E-state index is 0.595. The number of hydrogen-bond donors (Lipinski definition) is 2. The second kappa shape index (κ2) is 3.40. The fourth-order valence-corrected chi connectivity index (χ4v) is 0.339. The topological polar surface area (TPSA) is 63.3 Å². The van der Waals surface area contributed by atoms with Gasteiger partial charge in [-0.25, -0.2) is 0 Å². The Kier molecular flexibility index (Phi) is 3.16. The van der Waals surface area contributed by atoms with Gasteiger partial charge in [0.05, 0.1) is 6.67 Å². The summed E-state index contributed by atoms with van der Waals surface area (Å²) in [5.74, 6) is -1.75. The van der Waals surface area contributed by atoms with E-state index in [1.54, 1.807) is 0 Å². The molecule has 0 radical (unpaired) electrons. The maximum atomic E-state index is 11.7. The summed E-state index contributed by atoms with van der Waals surface area (Å²) in [5, 5.41) is 8.19. The molecule has 0 amide bonds. The Hall–Kier alpha value is -0.640. The molecule has 4 heteroatoms. The summed E-state index contributed by atoms with van der Waals surface area (Å²) in [5.41, 5.74) is 5.03. The van der Waals surface area contributed by atoms with Crippen molar-refractivity contribution < 1.29 is 14.3 Å². The lowest BCUT2D eigenvalue weighted by atomic mass is 10.1. The first-order valence-electron chi connectivity index (χ1n) is 2.64. The maximum Gasteiger partial charge on any atom is 0.320 e. The van der Waals surface area contributed by atoms with Crippen LogP contribution in [0.15, 0.2) is 0 Å². The minimum Gasteiger partial charge on any atom is -0.480 e. The normalized spacial score (nSPS) is 16.8. The predicted octanol–water partition coefficient (Wildman–Crippen LogP) is 0.00390. The molecule has 54 valence electrons. The molecule has 0 aliphatic heterocycles. The van der Waals surface area contributed by atoms with E-state index in [9.17, 15) is 9.18 Å². The lowest BCUT2D eigenvalue weighted by molar-refractivity contribution is -0.139. The van der Waals surface area contributed by atoms with Crippen molar-refractivity contribution in [3.05, 3.63) is 0 Å². The van der Waals surface area contributed by atoms with Crippen LogP contribution in [0.2, 0.25) is 0 Å². The Labute approximate surface area is 52.7 Å². The molecule has 0 aliphatic rings. The number of carboxylic acids is 1. The summed E-state index contributed by atoms with van der Waals surface area (Å²) >= 11 is 0. The SMILES string of the molecule is CC(CF)[C@H](N)C(=O)O. The first kappa shape index (κ1) is 8.36. The highest BCUT2D eigenvalue weighted by Gasteiger charge is 2.18. The molecule has 0 aromatic rings. The van der Waals surface area contributed by atoms with Crippen LogP contribution in [0, 0.1) is 5.92 Å². The Morgan fingerprint density at radius 3 is 2.44 bits per heavy atom. The fraction of sp³-hybridized carbons (Fsp3) is 0.800. The molecule has 9 heavy (non-hydrogen) atoms. The number of carboxylic acid groups (broad SMARTS) is 1. The van der Waals surface area contributed by atoms with Crippen molar-refractivity contribution in [2.24, 2.45) is 11.7 Å². The number of nitrogens with two attached hydrogens (primary N) is 1. The van der Waals surface area contributed by atoms with Gasteiger partial charge in [-0.05, 0) is 0 Å². The third-order valence-corrected chi connectivity index (χ3v) is 1.14. The highest BCUT2D eigenvalue weighted by molar-refractivity contribution is 5.73. The molecule has 0 aromatic carbocycles. The van der Waals surface area contributed by atoms with E-state index in [-0.39, 0.29) is 0 Å². The van der Waals surface area contributed by atoms with Gasteiger partial charge in [0.1, 0.15) is 6.04 Å². The van der Waals surface area contributed by atoms with Gasteiger partial charge in [0.15, 0.2) is 0 Å². The van der Waals surface area contributed by atoms with Crippen LogP contribution in [0.4, 0.5) is 4.39 Å². The van der Waals surface area contributed by atoms with Crippen LogP contribution in [0.25, 0.3) is 0 Å². The quantitative estimate of drug-likeness (QED) is 0.572. The van der Waals surface area contributed by atoms with E-state index in [1.165, 1.54) is 6.92 Å². The highest BCUT2D eigenvalue weighted by Crippen LogP contribution is 2.00. The second-order valence-corrected chi connectivity index (χ2v) is 2.00. The van der Waals surface area contributed by atoms with Gasteiger partial charge in [-0.15, -0.1) is 0 Å². The summed E-state index contributed by atoms with van der Waals surface area (Å²) < 4.78 is 11.7. The standard InChI is InChI=1S/C5H10FNO2/c1-3(2-6)4(7)5(8)9/h3-4H,2,7H2,1H3,(H,8,9)/t3?,4-/m0/s1. The number of aliphatic carboxylic acids is 1. The Bertz CT molecular complexity index is 107. The molecule has 0 aliphatic carbocycles. The average Bonchev–Trinajstić information content (AvgIpc) is 1.84. The minimum atomic E-state index is -1.15. The molecule has 0 bridgehead atoms. The third kappa shape index (κ3) is 2.41. The third-order valence-electron chi connectivity index (χ3n) is 1.14. The maximum absolute atomic E-state index is 11.7. The number of rotatable bonds is 3. The molecule has 0 rings (SSSR count). The Morgan fingerprint density at radius 2 is 2.33 bits per heavy atom. The van der Waals surface area contributed by atoms with Crippen LogP contribution in [0.5, 0.6) is 0 Å². The van der Waals surface area contributed by atoms with E-state index in [4.69, 9.17) is 10.8 Å². The molecule has 0 saturated carbocycles. The van der Waals surface area contributed by atoms with Crippen molar-refractivity contribution in [2.45, 2.75) is 13.0 Å². The fourth-order valence-electron chi connectivity index (χ4n) is 0.339. The first-order chi connectivity index (χ1) is 4.09. The zero-order valence-corrected chi connectivity index (χ0v) is 5.17. The van der Waals surface area contributed by atoms with Crippen molar-refractivity contribution >= 4 is 5.97 Å². The summed E-state index contributed by atoms with van der Waals surface area (Å²) in [6.45, 7) is 0.770. The molecular weight excluding hydrogens is 125 g/mol. The number of carbonyl (C=O) groups is 1. The van der Waals surface area contributed by atoms with Crippen LogP contribution in [-0.2, 0) is 4.79 Å². The summed E-state index contributed by atoms with van der Waals surface area (Å²) in [6.07, 6.45) is 0. The van der Waals surface area contributed by atoms with E-state index in [1.807, 2.05) is 0 Å². The van der Waals surface area contributed by atoms with Crippen molar-refractivity contribution in [1.82, 2.24) is 0 Å². The van der Waals surface area contributed by atoms with Crippen LogP contribution < -0.4 is 5.73 Å². The van der Waals surface area contributed by atoms with E-state index >= 15 is 0 Å². The molecule has 1 unspecified atom stereocenters. The van der Waals surface area contributed by atoms with Crippen molar-refractivity contribution in [2.75, 3.05) is 6.67 Å². The van der Waals surface area contributed by atoms with Crippen LogP contribution in [-0.4, -0.2) is 23.8 Å². The molecule has 2 atom stereocenters. The Morgan fingerprint density at radius 1 is 1.89 bits per heavy atom. The Balaban J connectivity index is 3.72. The second-order valence-electron chi connectivity index (χ2n) is 2.00. The molecule has 3 N–H and O–H groups in total. The monoisotopic (exact) mass is 135 g/mol. The van der Waals surface area contributed by atoms with Crippen LogP contribution >= 0.6 is 0 Å². The number of halogens is 1. The van der Waals surface area contributed by atoms with Crippen molar-refractivity contribution in [1.29, 1.82) is 0 Å². The highest BCUT2D eigenvalue weighted by atomic mass is 19.1. The zero-order valence-electron chi connectivity index (χ0n) is 5.17. The van der Waals surface area contributed by atoms with Gasteiger partial charge in [0.2, 0.25) is 0 Å². The lowest BCUT2D eigenvalue weighted by Gasteiger charge is -2.10. The van der Waals surface area contributed by atoms with E-state index in [0.29, 0.717) is 0 Å². The molecular formula is C5H10FNO2. The average molecular weight is 135 g/mol. The van der Waals surface area contributed by atoms with E-state index < -0.39 is 24.6 Å². The van der Waals surface area contributed by atoms with Crippen LogP contribution in [0.3, 0.4) is 0 Å². The molecule has 3 nitrogen and oxygen atoms in total. The van der Waals surface area contributed by atoms with Gasteiger partial charge in [-0.2, -0.15) is 0 Å². The van der Waals surface area contributed by atoms with E-state index in [2.05, 4.69) is 0 Å².